The SMILES string of the molecule is O=C(CSc1nnc2n1CCCCC2)NCCc1ccccc1. The molecule has 5 nitrogen and oxygen atoms in total. The molecule has 0 fully saturated rings. The Kier molecular flexibility index (Phi) is 5.69. The summed E-state index contributed by atoms with van der Waals surface area (Å²) in [6, 6.07) is 10.2. The highest BCUT2D eigenvalue weighted by atomic mass is 32.2. The number of nitrogens with one attached hydrogen (secondary N) is 1. The highest BCUT2D eigenvalue weighted by Crippen LogP contribution is 2.21. The van der Waals surface area contributed by atoms with E-state index < -0.39 is 0 Å². The fourth-order valence-electron chi connectivity index (χ4n) is 2.74. The highest BCUT2D eigenvalue weighted by molar-refractivity contribution is 7.99. The minimum atomic E-state index is 0.0527. The van der Waals surface area contributed by atoms with Crippen molar-refractivity contribution < 1.29 is 4.79 Å². The molecule has 3 rings (SSSR count). The molecule has 23 heavy (non-hydrogen) atoms. The molecule has 0 spiro atoms. The fourth-order valence-corrected chi connectivity index (χ4v) is 3.55. The van der Waals surface area contributed by atoms with Crippen molar-refractivity contribution in [3.8, 4) is 0 Å². The van der Waals surface area contributed by atoms with E-state index in [0.717, 1.165) is 30.4 Å². The molecule has 2 aromatic rings. The zero-order valence-electron chi connectivity index (χ0n) is 13.2. The first-order chi connectivity index (χ1) is 11.3. The molecule has 0 bridgehead atoms. The molecule has 6 heteroatoms. The Balaban J connectivity index is 1.43. The van der Waals surface area contributed by atoms with Gasteiger partial charge in [0.15, 0.2) is 5.16 Å². The van der Waals surface area contributed by atoms with Gasteiger partial charge >= 0.3 is 0 Å². The van der Waals surface area contributed by atoms with Crippen molar-refractivity contribution in [3.63, 3.8) is 0 Å². The van der Waals surface area contributed by atoms with Gasteiger partial charge < -0.3 is 9.88 Å². The second kappa shape index (κ2) is 8.15. The summed E-state index contributed by atoms with van der Waals surface area (Å²) in [6.45, 7) is 1.64. The van der Waals surface area contributed by atoms with Crippen LogP contribution in [-0.4, -0.2) is 33.0 Å². The van der Waals surface area contributed by atoms with Gasteiger partial charge in [-0.25, -0.2) is 0 Å². The number of amides is 1. The Labute approximate surface area is 140 Å². The van der Waals surface area contributed by atoms with Crippen LogP contribution in [0.15, 0.2) is 35.5 Å². The lowest BCUT2D eigenvalue weighted by Gasteiger charge is -2.07. The van der Waals surface area contributed by atoms with Gasteiger partial charge in [-0.1, -0.05) is 48.5 Å². The molecule has 0 aliphatic carbocycles. The Morgan fingerprint density at radius 2 is 2.04 bits per heavy atom. The molecule has 1 amide bonds. The number of carbonyl (C=O) groups is 1. The number of aryl methyl sites for hydroxylation is 1. The van der Waals surface area contributed by atoms with E-state index in [2.05, 4.69) is 32.2 Å². The number of hydrogen-bond donors (Lipinski definition) is 1. The van der Waals surface area contributed by atoms with Gasteiger partial charge in [-0.05, 0) is 24.8 Å². The number of thioether (sulfide) groups is 1. The summed E-state index contributed by atoms with van der Waals surface area (Å²) in [5, 5.41) is 12.3. The number of benzene rings is 1. The molecular formula is C17H22N4OS. The van der Waals surface area contributed by atoms with Crippen molar-refractivity contribution in [2.45, 2.75) is 43.8 Å². The van der Waals surface area contributed by atoms with Crippen molar-refractivity contribution in [1.82, 2.24) is 20.1 Å². The van der Waals surface area contributed by atoms with Gasteiger partial charge in [-0.3, -0.25) is 4.79 Å². The second-order valence-corrected chi connectivity index (χ2v) is 6.68. The van der Waals surface area contributed by atoms with Crippen LogP contribution in [0.25, 0.3) is 0 Å². The van der Waals surface area contributed by atoms with Crippen molar-refractivity contribution in [2.75, 3.05) is 12.3 Å². The quantitative estimate of drug-likeness (QED) is 0.827. The lowest BCUT2D eigenvalue weighted by molar-refractivity contribution is -0.118. The van der Waals surface area contributed by atoms with Gasteiger partial charge in [0.25, 0.3) is 0 Å². The average molecular weight is 330 g/mol. The maximum absolute atomic E-state index is 12.0. The molecule has 2 heterocycles. The van der Waals surface area contributed by atoms with Gasteiger partial charge in [0.1, 0.15) is 5.82 Å². The third kappa shape index (κ3) is 4.58. The Morgan fingerprint density at radius 3 is 2.91 bits per heavy atom. The van der Waals surface area contributed by atoms with Gasteiger partial charge in [-0.15, -0.1) is 10.2 Å². The normalized spacial score (nSPS) is 14.1. The molecule has 1 aliphatic heterocycles. The van der Waals surface area contributed by atoms with Crippen LogP contribution in [0.4, 0.5) is 0 Å². The monoisotopic (exact) mass is 330 g/mol. The third-order valence-corrected chi connectivity index (χ3v) is 4.95. The second-order valence-electron chi connectivity index (χ2n) is 5.74. The lowest BCUT2D eigenvalue weighted by atomic mass is 10.1. The smallest absolute Gasteiger partial charge is 0.230 e. The topological polar surface area (TPSA) is 59.8 Å². The number of nitrogens with zero attached hydrogens (tertiary/aromatic N) is 3. The summed E-state index contributed by atoms with van der Waals surface area (Å²) in [5.74, 6) is 1.51. The van der Waals surface area contributed by atoms with E-state index in [1.807, 2.05) is 18.2 Å². The number of rotatable bonds is 6. The number of carbonyl (C=O) groups excluding carboxylic acids is 1. The minimum Gasteiger partial charge on any atom is -0.355 e. The van der Waals surface area contributed by atoms with Crippen LogP contribution in [0, 0.1) is 0 Å². The summed E-state index contributed by atoms with van der Waals surface area (Å²) >= 11 is 1.48. The number of hydrogen-bond acceptors (Lipinski definition) is 4. The predicted octanol–water partition coefficient (Wildman–Crippen LogP) is 2.46. The van der Waals surface area contributed by atoms with E-state index in [-0.39, 0.29) is 5.91 Å². The maximum Gasteiger partial charge on any atom is 0.230 e. The highest BCUT2D eigenvalue weighted by Gasteiger charge is 2.15. The number of aromatic nitrogens is 3. The molecule has 1 aliphatic rings. The molecule has 1 aromatic heterocycles. The van der Waals surface area contributed by atoms with Crippen molar-refractivity contribution in [3.05, 3.63) is 41.7 Å². The van der Waals surface area contributed by atoms with E-state index in [4.69, 9.17) is 0 Å². The maximum atomic E-state index is 12.0. The van der Waals surface area contributed by atoms with Crippen molar-refractivity contribution in [2.24, 2.45) is 0 Å². The van der Waals surface area contributed by atoms with Crippen LogP contribution in [0.3, 0.4) is 0 Å². The van der Waals surface area contributed by atoms with Gasteiger partial charge in [0.05, 0.1) is 5.75 Å². The van der Waals surface area contributed by atoms with E-state index in [9.17, 15) is 4.79 Å². The van der Waals surface area contributed by atoms with Crippen LogP contribution >= 0.6 is 11.8 Å². The zero-order valence-corrected chi connectivity index (χ0v) is 14.0. The third-order valence-electron chi connectivity index (χ3n) is 3.99. The van der Waals surface area contributed by atoms with Gasteiger partial charge in [0, 0.05) is 19.5 Å². The lowest BCUT2D eigenvalue weighted by Crippen LogP contribution is -2.27. The first kappa shape index (κ1) is 16.1. The minimum absolute atomic E-state index is 0.0527. The van der Waals surface area contributed by atoms with Gasteiger partial charge in [0.2, 0.25) is 5.91 Å². The van der Waals surface area contributed by atoms with Crippen LogP contribution in [-0.2, 0) is 24.2 Å². The molecule has 122 valence electrons. The summed E-state index contributed by atoms with van der Waals surface area (Å²) in [6.07, 6.45) is 5.45. The molecule has 1 aromatic carbocycles. The Hall–Kier alpha value is -1.82. The fraction of sp³-hybridized carbons (Fsp3) is 0.471. The van der Waals surface area contributed by atoms with E-state index in [1.54, 1.807) is 0 Å². The largest absolute Gasteiger partial charge is 0.355 e. The molecule has 0 unspecified atom stereocenters. The Morgan fingerprint density at radius 1 is 1.17 bits per heavy atom. The molecule has 0 saturated heterocycles. The van der Waals surface area contributed by atoms with E-state index >= 15 is 0 Å². The summed E-state index contributed by atoms with van der Waals surface area (Å²) in [7, 11) is 0. The molecule has 1 N–H and O–H groups in total. The molecule has 0 saturated carbocycles. The summed E-state index contributed by atoms with van der Waals surface area (Å²) < 4.78 is 2.18. The predicted molar refractivity (Wildman–Crippen MR) is 91.5 cm³/mol. The first-order valence-electron chi connectivity index (χ1n) is 8.18. The van der Waals surface area contributed by atoms with Crippen molar-refractivity contribution >= 4 is 17.7 Å². The number of fused-ring (bicyclic) bond motifs is 1. The van der Waals surface area contributed by atoms with Gasteiger partial charge in [-0.2, -0.15) is 0 Å². The molecule has 0 radical (unpaired) electrons. The zero-order chi connectivity index (χ0) is 15.9. The van der Waals surface area contributed by atoms with E-state index in [1.165, 1.54) is 36.6 Å². The molecular weight excluding hydrogens is 308 g/mol. The molecule has 0 atom stereocenters. The summed E-state index contributed by atoms with van der Waals surface area (Å²) in [4.78, 5) is 12.0. The first-order valence-corrected chi connectivity index (χ1v) is 9.17. The standard InChI is InChI=1S/C17H22N4OS/c22-16(18-11-10-14-7-3-1-4-8-14)13-23-17-20-19-15-9-5-2-6-12-21(15)17/h1,3-4,7-8H,2,5-6,9-13H2,(H,18,22). The average Bonchev–Trinajstić information content (AvgIpc) is 2.80. The van der Waals surface area contributed by atoms with Crippen LogP contribution in [0.2, 0.25) is 0 Å². The van der Waals surface area contributed by atoms with Crippen molar-refractivity contribution in [1.29, 1.82) is 0 Å². The summed E-state index contributed by atoms with van der Waals surface area (Å²) in [5.41, 5.74) is 1.24. The van der Waals surface area contributed by atoms with Crippen LogP contribution in [0.1, 0.15) is 30.7 Å². The Bertz CT molecular complexity index is 641. The van der Waals surface area contributed by atoms with E-state index in [0.29, 0.717) is 12.3 Å². The van der Waals surface area contributed by atoms with Crippen LogP contribution in [0.5, 0.6) is 0 Å². The van der Waals surface area contributed by atoms with Crippen LogP contribution < -0.4 is 5.32 Å².